The van der Waals surface area contributed by atoms with E-state index in [4.69, 9.17) is 9.47 Å². The Morgan fingerprint density at radius 2 is 1.95 bits per heavy atom. The van der Waals surface area contributed by atoms with Crippen LogP contribution in [0.1, 0.15) is 39.2 Å². The molecule has 0 bridgehead atoms. The topological polar surface area (TPSA) is 72.8 Å². The Labute approximate surface area is 130 Å². The molecule has 0 saturated carbocycles. The number of ether oxygens (including phenoxy) is 2. The highest BCUT2D eigenvalue weighted by Crippen LogP contribution is 2.44. The van der Waals surface area contributed by atoms with Crippen LogP contribution in [0.2, 0.25) is 0 Å². The first kappa shape index (κ1) is 16.5. The van der Waals surface area contributed by atoms with Crippen molar-refractivity contribution in [1.29, 1.82) is 0 Å². The highest BCUT2D eigenvalue weighted by Gasteiger charge is 2.54. The first-order valence-corrected chi connectivity index (χ1v) is 7.38. The van der Waals surface area contributed by atoms with Crippen LogP contribution in [0.15, 0.2) is 30.3 Å². The van der Waals surface area contributed by atoms with E-state index in [0.717, 1.165) is 5.56 Å². The summed E-state index contributed by atoms with van der Waals surface area (Å²) in [4.78, 5) is 23.4. The summed E-state index contributed by atoms with van der Waals surface area (Å²) in [6, 6.07) is 9.41. The van der Waals surface area contributed by atoms with Crippen molar-refractivity contribution < 1.29 is 24.2 Å². The molecule has 1 aromatic rings. The van der Waals surface area contributed by atoms with E-state index in [1.807, 2.05) is 37.3 Å². The molecule has 22 heavy (non-hydrogen) atoms. The van der Waals surface area contributed by atoms with Gasteiger partial charge in [0, 0.05) is 0 Å². The lowest BCUT2D eigenvalue weighted by Crippen LogP contribution is -2.42. The van der Waals surface area contributed by atoms with Crippen LogP contribution in [0.25, 0.3) is 0 Å². The summed E-state index contributed by atoms with van der Waals surface area (Å²) in [5, 5.41) is 9.32. The number of carboxylic acids is 1. The second-order valence-corrected chi connectivity index (χ2v) is 6.39. The number of hydrogen-bond donors (Lipinski definition) is 1. The van der Waals surface area contributed by atoms with E-state index in [1.54, 1.807) is 13.8 Å². The Hall–Kier alpha value is -1.88. The predicted octanol–water partition coefficient (Wildman–Crippen LogP) is 2.78. The smallest absolute Gasteiger partial charge is 0.335 e. The molecule has 0 spiro atoms. The fourth-order valence-electron chi connectivity index (χ4n) is 2.95. The average molecular weight is 306 g/mol. The zero-order valence-electron chi connectivity index (χ0n) is 13.2. The van der Waals surface area contributed by atoms with Gasteiger partial charge in [-0.2, -0.15) is 0 Å². The van der Waals surface area contributed by atoms with E-state index in [2.05, 4.69) is 0 Å². The van der Waals surface area contributed by atoms with Gasteiger partial charge in [-0.25, -0.2) is 4.79 Å². The molecular formula is C17H22O5. The molecule has 120 valence electrons. The van der Waals surface area contributed by atoms with Crippen LogP contribution in [0.4, 0.5) is 0 Å². The van der Waals surface area contributed by atoms with Crippen molar-refractivity contribution in [2.45, 2.75) is 51.4 Å². The van der Waals surface area contributed by atoms with E-state index in [1.165, 1.54) is 0 Å². The largest absolute Gasteiger partial charge is 0.479 e. The van der Waals surface area contributed by atoms with Crippen molar-refractivity contribution >= 4 is 11.9 Å². The molecule has 0 aromatic heterocycles. The normalized spacial score (nSPS) is 31.0. The van der Waals surface area contributed by atoms with Crippen molar-refractivity contribution in [2.75, 3.05) is 0 Å². The highest BCUT2D eigenvalue weighted by atomic mass is 16.6. The van der Waals surface area contributed by atoms with Crippen molar-refractivity contribution in [1.82, 2.24) is 0 Å². The molecule has 5 heteroatoms. The third-order valence-electron chi connectivity index (χ3n) is 4.32. The second kappa shape index (κ2) is 6.08. The summed E-state index contributed by atoms with van der Waals surface area (Å²) >= 11 is 0. The van der Waals surface area contributed by atoms with Gasteiger partial charge in [0.05, 0.1) is 12.0 Å². The van der Waals surface area contributed by atoms with Gasteiger partial charge in [-0.3, -0.25) is 4.79 Å². The highest BCUT2D eigenvalue weighted by molar-refractivity contribution is 5.78. The standard InChI is InChI=1S/C17H22O5/c1-12-9-16(2,22-17(12,3)15(19)20)10-14(18)21-11-13-7-5-4-6-8-13/h4-8,12H,9-11H2,1-3H3,(H,19,20)/t12-,16+,17-/m1/s1. The molecule has 3 atom stereocenters. The Morgan fingerprint density at radius 3 is 2.50 bits per heavy atom. The molecule has 1 aliphatic heterocycles. The number of hydrogen-bond acceptors (Lipinski definition) is 4. The van der Waals surface area contributed by atoms with Gasteiger partial charge < -0.3 is 14.6 Å². The number of carbonyl (C=O) groups is 2. The second-order valence-electron chi connectivity index (χ2n) is 6.39. The molecule has 5 nitrogen and oxygen atoms in total. The average Bonchev–Trinajstić information content (AvgIpc) is 2.68. The summed E-state index contributed by atoms with van der Waals surface area (Å²) in [6.07, 6.45) is 0.559. The number of carboxylic acid groups (broad SMARTS) is 1. The van der Waals surface area contributed by atoms with Crippen LogP contribution >= 0.6 is 0 Å². The van der Waals surface area contributed by atoms with Gasteiger partial charge in [-0.05, 0) is 31.7 Å². The molecule has 0 unspecified atom stereocenters. The zero-order valence-corrected chi connectivity index (χ0v) is 13.2. The van der Waals surface area contributed by atoms with Crippen molar-refractivity contribution in [3.8, 4) is 0 Å². The Kier molecular flexibility index (Phi) is 4.56. The van der Waals surface area contributed by atoms with Crippen LogP contribution in [0.5, 0.6) is 0 Å². The first-order valence-electron chi connectivity index (χ1n) is 7.38. The third-order valence-corrected chi connectivity index (χ3v) is 4.32. The number of esters is 1. The van der Waals surface area contributed by atoms with Crippen LogP contribution in [-0.4, -0.2) is 28.2 Å². The molecule has 1 fully saturated rings. The quantitative estimate of drug-likeness (QED) is 0.847. The molecule has 0 aliphatic carbocycles. The molecular weight excluding hydrogens is 284 g/mol. The van der Waals surface area contributed by atoms with E-state index < -0.39 is 17.2 Å². The molecule has 0 amide bonds. The van der Waals surface area contributed by atoms with Crippen molar-refractivity contribution in [3.05, 3.63) is 35.9 Å². The first-order chi connectivity index (χ1) is 10.3. The van der Waals surface area contributed by atoms with Gasteiger partial charge >= 0.3 is 11.9 Å². The lowest BCUT2D eigenvalue weighted by molar-refractivity contribution is -0.177. The summed E-state index contributed by atoms with van der Waals surface area (Å²) < 4.78 is 11.0. The van der Waals surface area contributed by atoms with Gasteiger partial charge in [-0.1, -0.05) is 37.3 Å². The van der Waals surface area contributed by atoms with Crippen LogP contribution in [-0.2, 0) is 25.7 Å². The monoisotopic (exact) mass is 306 g/mol. The fraction of sp³-hybridized carbons (Fsp3) is 0.529. The van der Waals surface area contributed by atoms with E-state index in [9.17, 15) is 14.7 Å². The van der Waals surface area contributed by atoms with Crippen molar-refractivity contribution in [3.63, 3.8) is 0 Å². The number of carbonyl (C=O) groups excluding carboxylic acids is 1. The lowest BCUT2D eigenvalue weighted by Gasteiger charge is -2.27. The summed E-state index contributed by atoms with van der Waals surface area (Å²) in [5.41, 5.74) is -1.15. The molecule has 1 N–H and O–H groups in total. The van der Waals surface area contributed by atoms with E-state index in [-0.39, 0.29) is 24.9 Å². The van der Waals surface area contributed by atoms with Crippen LogP contribution in [0, 0.1) is 5.92 Å². The Balaban J connectivity index is 1.93. The SMILES string of the molecule is C[C@@H]1C[C@@](C)(CC(=O)OCc2ccccc2)O[C@@]1(C)C(=O)O. The van der Waals surface area contributed by atoms with Gasteiger partial charge in [0.1, 0.15) is 6.61 Å². The minimum absolute atomic E-state index is 0.0487. The van der Waals surface area contributed by atoms with Crippen LogP contribution in [0.3, 0.4) is 0 Å². The molecule has 1 heterocycles. The third kappa shape index (κ3) is 3.47. The summed E-state index contributed by atoms with van der Waals surface area (Å²) in [6.45, 7) is 5.36. The number of aliphatic carboxylic acids is 1. The van der Waals surface area contributed by atoms with E-state index >= 15 is 0 Å². The molecule has 2 rings (SSSR count). The summed E-state index contributed by atoms with van der Waals surface area (Å²) in [5.74, 6) is -1.55. The maximum atomic E-state index is 12.0. The number of benzene rings is 1. The molecule has 1 aliphatic rings. The van der Waals surface area contributed by atoms with Gasteiger partial charge in [0.15, 0.2) is 5.60 Å². The summed E-state index contributed by atoms with van der Waals surface area (Å²) in [7, 11) is 0. The maximum Gasteiger partial charge on any atom is 0.335 e. The molecule has 0 radical (unpaired) electrons. The minimum atomic E-state index is -1.26. The van der Waals surface area contributed by atoms with Crippen LogP contribution < -0.4 is 0 Å². The van der Waals surface area contributed by atoms with Gasteiger partial charge in [0.2, 0.25) is 0 Å². The fourth-order valence-corrected chi connectivity index (χ4v) is 2.95. The molecule has 1 aromatic carbocycles. The lowest BCUT2D eigenvalue weighted by atomic mass is 9.86. The molecule has 1 saturated heterocycles. The predicted molar refractivity (Wildman–Crippen MR) is 80.2 cm³/mol. The Bertz CT molecular complexity index is 555. The number of rotatable bonds is 5. The minimum Gasteiger partial charge on any atom is -0.479 e. The van der Waals surface area contributed by atoms with Gasteiger partial charge in [0.25, 0.3) is 0 Å². The van der Waals surface area contributed by atoms with Gasteiger partial charge in [-0.15, -0.1) is 0 Å². The zero-order chi connectivity index (χ0) is 16.4. The van der Waals surface area contributed by atoms with Crippen molar-refractivity contribution in [2.24, 2.45) is 5.92 Å². The Morgan fingerprint density at radius 1 is 1.32 bits per heavy atom. The maximum absolute atomic E-state index is 12.0. The van der Waals surface area contributed by atoms with E-state index in [0.29, 0.717) is 6.42 Å².